The number of Topliss-reactive ketones (excluding diaryl/α,β-unsaturated/α-hetero) is 3. The van der Waals surface area contributed by atoms with E-state index in [2.05, 4.69) is 20.9 Å². The molecule has 2 aliphatic heterocycles. The van der Waals surface area contributed by atoms with Crippen molar-refractivity contribution in [2.45, 2.75) is 134 Å². The van der Waals surface area contributed by atoms with Gasteiger partial charge in [-0.1, -0.05) is 60.7 Å². The van der Waals surface area contributed by atoms with E-state index in [0.717, 1.165) is 62.7 Å². The predicted octanol–water partition coefficient (Wildman–Crippen LogP) is -1.17. The average molecular weight is 1010 g/mol. The van der Waals surface area contributed by atoms with Crippen LogP contribution in [0.25, 0.3) is 0 Å². The van der Waals surface area contributed by atoms with Crippen LogP contribution in [0.2, 0.25) is 0 Å². The first-order valence-corrected chi connectivity index (χ1v) is 23.6. The number of ketones is 3. The Labute approximate surface area is 419 Å². The summed E-state index contributed by atoms with van der Waals surface area (Å²) in [4.78, 5) is 126. The molecule has 2 saturated heterocycles. The number of hydrogen-bond acceptors (Lipinski definition) is 15. The van der Waals surface area contributed by atoms with E-state index in [1.807, 2.05) is 0 Å². The molecule has 15 N–H and O–H groups in total. The maximum absolute atomic E-state index is 11.8. The van der Waals surface area contributed by atoms with Crippen molar-refractivity contribution < 1.29 is 63.0 Å². The number of nitrogens with one attached hydrogen (secondary N) is 3. The minimum Gasteiger partial charge on any atom is -0.480 e. The lowest BCUT2D eigenvalue weighted by Gasteiger charge is -2.32. The van der Waals surface area contributed by atoms with Gasteiger partial charge in [-0.05, 0) is 77.0 Å². The first kappa shape index (κ1) is 63.1. The number of unbranched alkanes of at least 4 members (excludes halogenated alkanes) is 1. The van der Waals surface area contributed by atoms with Crippen molar-refractivity contribution in [3.05, 3.63) is 71.8 Å². The molecule has 72 heavy (non-hydrogen) atoms. The summed E-state index contributed by atoms with van der Waals surface area (Å²) in [6.45, 7) is 7.71. The SMILES string of the molecule is CC(=O)CCCCC(=O)NC1CCCN(CC(C)=O)C1.CC(=O)CN1CCCC(N)C1=O.NC(=O)C[C@H](N)C(=O)N[C@@H](Cc1ccccc1)C(=O)O.NC(=O)C[C@H](N)C(=O)N[C@@H](Cc1ccccc1)C(=O)O. The van der Waals surface area contributed by atoms with Gasteiger partial charge in [-0.15, -0.1) is 0 Å². The third-order valence-electron chi connectivity index (χ3n) is 10.8. The number of hydrogen-bond donors (Lipinski definition) is 10. The summed E-state index contributed by atoms with van der Waals surface area (Å²) in [7, 11) is 0. The Kier molecular flexibility index (Phi) is 30.1. The van der Waals surface area contributed by atoms with Gasteiger partial charge in [-0.2, -0.15) is 0 Å². The molecular formula is C49H74N10O13. The normalized spacial score (nSPS) is 16.9. The fourth-order valence-corrected chi connectivity index (χ4v) is 7.26. The molecule has 4 rings (SSSR count). The van der Waals surface area contributed by atoms with Crippen LogP contribution in [0, 0.1) is 0 Å². The van der Waals surface area contributed by atoms with E-state index in [1.54, 1.807) is 74.5 Å². The second kappa shape index (κ2) is 34.4. The summed E-state index contributed by atoms with van der Waals surface area (Å²) in [6, 6.07) is 13.0. The number of rotatable bonds is 24. The van der Waals surface area contributed by atoms with Crippen LogP contribution >= 0.6 is 0 Å². The van der Waals surface area contributed by atoms with Gasteiger partial charge in [0.05, 0.1) is 44.1 Å². The zero-order chi connectivity index (χ0) is 54.3. The van der Waals surface area contributed by atoms with Crippen LogP contribution in [0.5, 0.6) is 0 Å². The molecule has 6 atom stereocenters. The number of nitrogens with two attached hydrogens (primary N) is 5. The molecule has 0 spiro atoms. The number of carboxylic acid groups (broad SMARTS) is 2. The number of carboxylic acids is 2. The standard InChI is InChI=1S/C15H26N2O3.2C13H17N3O4.C8H14N2O2/c1-12(18)6-3-4-8-15(20)16-14-7-5-9-17(11-14)10-13(2)19;2*14-9(7-11(15)17)12(18)16-10(13(19)20)6-8-4-2-1-3-5-8;1-6(11)5-10-4-2-3-7(9)8(10)12/h14H,3-11H2,1-2H3,(H,16,20);2*1-5,9-10H,6-7,14H2,(H2,15,17)(H,16,18)(H,19,20);7H,2-5,9H2,1H3/t;2*9-,10-;/m.00./s1. The van der Waals surface area contributed by atoms with Gasteiger partial charge in [0.1, 0.15) is 29.4 Å². The molecule has 0 saturated carbocycles. The lowest BCUT2D eigenvalue weighted by atomic mass is 10.0. The Balaban J connectivity index is 0.000000487. The monoisotopic (exact) mass is 1010 g/mol. The van der Waals surface area contributed by atoms with Crippen molar-refractivity contribution in [2.75, 3.05) is 32.7 Å². The molecular weight excluding hydrogens is 937 g/mol. The van der Waals surface area contributed by atoms with Crippen molar-refractivity contribution in [1.82, 2.24) is 25.8 Å². The van der Waals surface area contributed by atoms with Crippen LogP contribution in [-0.2, 0) is 65.6 Å². The first-order valence-electron chi connectivity index (χ1n) is 23.6. The van der Waals surface area contributed by atoms with E-state index in [0.29, 0.717) is 25.9 Å². The molecule has 2 fully saturated rings. The quantitative estimate of drug-likeness (QED) is 0.0554. The van der Waals surface area contributed by atoms with Crippen LogP contribution in [0.1, 0.15) is 96.1 Å². The fraction of sp³-hybridized carbons (Fsp3) is 0.531. The number of carbonyl (C=O) groups excluding carboxylic acids is 9. The summed E-state index contributed by atoms with van der Waals surface area (Å²) in [6.07, 6.45) is 5.83. The van der Waals surface area contributed by atoms with Gasteiger partial charge in [0.25, 0.3) is 0 Å². The molecule has 23 heteroatoms. The van der Waals surface area contributed by atoms with Gasteiger partial charge in [0.15, 0.2) is 0 Å². The largest absolute Gasteiger partial charge is 0.480 e. The highest BCUT2D eigenvalue weighted by Crippen LogP contribution is 2.12. The highest BCUT2D eigenvalue weighted by Gasteiger charge is 2.28. The lowest BCUT2D eigenvalue weighted by Crippen LogP contribution is -2.50. The maximum Gasteiger partial charge on any atom is 0.326 e. The topological polar surface area (TPSA) is 401 Å². The molecule has 0 aromatic heterocycles. The number of nitrogens with zero attached hydrogens (tertiary/aromatic N) is 2. The third-order valence-corrected chi connectivity index (χ3v) is 10.8. The van der Waals surface area contributed by atoms with Crippen LogP contribution in [0.15, 0.2) is 60.7 Å². The fourth-order valence-electron chi connectivity index (χ4n) is 7.26. The minimum atomic E-state index is -1.17. The summed E-state index contributed by atoms with van der Waals surface area (Å²) in [5.41, 5.74) is 27.8. The van der Waals surface area contributed by atoms with Crippen molar-refractivity contribution in [3.63, 3.8) is 0 Å². The van der Waals surface area contributed by atoms with Gasteiger partial charge < -0.3 is 64.5 Å². The Bertz CT molecular complexity index is 2020. The Morgan fingerprint density at radius 2 is 1.08 bits per heavy atom. The van der Waals surface area contributed by atoms with Gasteiger partial charge >= 0.3 is 11.9 Å². The van der Waals surface area contributed by atoms with Gasteiger partial charge in [-0.25, -0.2) is 9.59 Å². The second-order valence-corrected chi connectivity index (χ2v) is 17.7. The van der Waals surface area contributed by atoms with Crippen molar-refractivity contribution in [2.24, 2.45) is 28.7 Å². The number of piperidine rings is 2. The molecule has 0 radical (unpaired) electrons. The van der Waals surface area contributed by atoms with E-state index < -0.39 is 65.8 Å². The summed E-state index contributed by atoms with van der Waals surface area (Å²) >= 11 is 0. The van der Waals surface area contributed by atoms with E-state index in [-0.39, 0.29) is 67.4 Å². The number of likely N-dealkylation sites (tertiary alicyclic amines) is 2. The average Bonchev–Trinajstić information content (AvgIpc) is 3.29. The molecule has 2 aliphatic rings. The highest BCUT2D eigenvalue weighted by molar-refractivity contribution is 5.91. The molecule has 398 valence electrons. The lowest BCUT2D eigenvalue weighted by molar-refractivity contribution is -0.142. The third kappa shape index (κ3) is 28.6. The Morgan fingerprint density at radius 3 is 1.50 bits per heavy atom. The smallest absolute Gasteiger partial charge is 0.326 e. The number of benzene rings is 2. The number of amides is 6. The molecule has 2 heterocycles. The van der Waals surface area contributed by atoms with Crippen molar-refractivity contribution in [1.29, 1.82) is 0 Å². The molecule has 2 aromatic rings. The Morgan fingerprint density at radius 1 is 0.639 bits per heavy atom. The van der Waals surface area contributed by atoms with Crippen LogP contribution in [0.3, 0.4) is 0 Å². The van der Waals surface area contributed by atoms with Gasteiger partial charge in [0.2, 0.25) is 35.4 Å². The summed E-state index contributed by atoms with van der Waals surface area (Å²) in [5.74, 6) is -4.89. The van der Waals surface area contributed by atoms with Crippen molar-refractivity contribution in [3.8, 4) is 0 Å². The van der Waals surface area contributed by atoms with Crippen LogP contribution in [0.4, 0.5) is 0 Å². The predicted molar refractivity (Wildman–Crippen MR) is 265 cm³/mol. The zero-order valence-electron chi connectivity index (χ0n) is 41.4. The molecule has 0 aliphatic carbocycles. The van der Waals surface area contributed by atoms with Gasteiger partial charge in [0, 0.05) is 44.8 Å². The minimum absolute atomic E-state index is 0.0115. The van der Waals surface area contributed by atoms with Crippen LogP contribution < -0.4 is 44.6 Å². The highest BCUT2D eigenvalue weighted by atomic mass is 16.4. The zero-order valence-corrected chi connectivity index (χ0v) is 41.4. The molecule has 23 nitrogen and oxygen atoms in total. The second-order valence-electron chi connectivity index (χ2n) is 17.7. The number of carbonyl (C=O) groups is 11. The van der Waals surface area contributed by atoms with E-state index in [1.165, 1.54) is 11.8 Å². The van der Waals surface area contributed by atoms with E-state index in [9.17, 15) is 52.7 Å². The molecule has 2 aromatic carbocycles. The molecule has 6 amide bonds. The summed E-state index contributed by atoms with van der Waals surface area (Å²) < 4.78 is 0. The summed E-state index contributed by atoms with van der Waals surface area (Å²) in [5, 5.41) is 25.8. The van der Waals surface area contributed by atoms with Gasteiger partial charge in [-0.3, -0.25) is 43.3 Å². The van der Waals surface area contributed by atoms with E-state index >= 15 is 0 Å². The Hall–Kier alpha value is -6.95. The maximum atomic E-state index is 11.8. The van der Waals surface area contributed by atoms with Crippen molar-refractivity contribution >= 4 is 64.7 Å². The van der Waals surface area contributed by atoms with Crippen LogP contribution in [-0.4, -0.2) is 154 Å². The first-order chi connectivity index (χ1) is 33.9. The van der Waals surface area contributed by atoms with E-state index in [4.69, 9.17) is 38.9 Å². The number of primary amides is 2. The molecule has 0 bridgehead atoms. The number of aliphatic carboxylic acids is 2. The molecule has 2 unspecified atom stereocenters.